The van der Waals surface area contributed by atoms with Crippen molar-refractivity contribution in [2.75, 3.05) is 5.43 Å². The molecule has 1 unspecified atom stereocenters. The van der Waals surface area contributed by atoms with Crippen LogP contribution in [-0.4, -0.2) is 11.9 Å². The van der Waals surface area contributed by atoms with Crippen LogP contribution in [-0.2, 0) is 6.42 Å². The van der Waals surface area contributed by atoms with Gasteiger partial charge in [0.15, 0.2) is 0 Å². The van der Waals surface area contributed by atoms with Crippen LogP contribution >= 0.6 is 11.3 Å². The molecular weight excluding hydrogens is 277 g/mol. The van der Waals surface area contributed by atoms with Crippen LogP contribution in [0.3, 0.4) is 0 Å². The first-order valence-corrected chi connectivity index (χ1v) is 7.08. The monoisotopic (exact) mass is 293 g/mol. The van der Waals surface area contributed by atoms with E-state index in [9.17, 15) is 9.18 Å². The number of nitrogens with two attached hydrogens (primary N) is 1. The Morgan fingerprint density at radius 1 is 1.40 bits per heavy atom. The highest BCUT2D eigenvalue weighted by atomic mass is 32.1. The Morgan fingerprint density at radius 3 is 2.85 bits per heavy atom. The summed E-state index contributed by atoms with van der Waals surface area (Å²) >= 11 is 1.64. The molecule has 4 nitrogen and oxygen atoms in total. The van der Waals surface area contributed by atoms with E-state index in [2.05, 4.69) is 10.7 Å². The minimum Gasteiger partial charge on any atom is -0.349 e. The van der Waals surface area contributed by atoms with Gasteiger partial charge in [-0.1, -0.05) is 12.1 Å². The highest BCUT2D eigenvalue weighted by molar-refractivity contribution is 7.09. The number of carbonyl (C=O) groups excluding carboxylic acids is 1. The Balaban J connectivity index is 2.06. The van der Waals surface area contributed by atoms with Gasteiger partial charge in [0.2, 0.25) is 0 Å². The number of hydrogen-bond acceptors (Lipinski definition) is 4. The van der Waals surface area contributed by atoms with Gasteiger partial charge in [0.25, 0.3) is 5.91 Å². The van der Waals surface area contributed by atoms with Gasteiger partial charge in [-0.3, -0.25) is 10.6 Å². The van der Waals surface area contributed by atoms with Crippen molar-refractivity contribution >= 4 is 22.9 Å². The molecule has 0 saturated carbocycles. The fourth-order valence-corrected chi connectivity index (χ4v) is 2.78. The van der Waals surface area contributed by atoms with Crippen molar-refractivity contribution in [1.82, 2.24) is 5.32 Å². The number of amides is 1. The van der Waals surface area contributed by atoms with Crippen molar-refractivity contribution in [1.29, 1.82) is 0 Å². The molecule has 2 aromatic rings. The zero-order chi connectivity index (χ0) is 14.5. The number of nitrogens with one attached hydrogen (secondary N) is 2. The van der Waals surface area contributed by atoms with Crippen LogP contribution in [0, 0.1) is 5.82 Å². The van der Waals surface area contributed by atoms with Gasteiger partial charge in [0.1, 0.15) is 5.82 Å². The lowest BCUT2D eigenvalue weighted by atomic mass is 10.1. The maximum Gasteiger partial charge on any atom is 0.253 e. The van der Waals surface area contributed by atoms with Crippen LogP contribution in [0.25, 0.3) is 0 Å². The Kier molecular flexibility index (Phi) is 4.70. The summed E-state index contributed by atoms with van der Waals surface area (Å²) in [5.41, 5.74) is 2.44. The van der Waals surface area contributed by atoms with Crippen LogP contribution in [0.1, 0.15) is 22.2 Å². The molecule has 0 fully saturated rings. The van der Waals surface area contributed by atoms with Crippen LogP contribution in [0.15, 0.2) is 35.7 Å². The third-order valence-electron chi connectivity index (χ3n) is 2.87. The van der Waals surface area contributed by atoms with E-state index in [0.29, 0.717) is 0 Å². The molecule has 0 saturated heterocycles. The number of thiophene rings is 1. The summed E-state index contributed by atoms with van der Waals surface area (Å²) in [5, 5.41) is 4.83. The first kappa shape index (κ1) is 14.5. The van der Waals surface area contributed by atoms with Gasteiger partial charge in [-0.15, -0.1) is 11.3 Å². The maximum absolute atomic E-state index is 13.5. The van der Waals surface area contributed by atoms with Crippen molar-refractivity contribution < 1.29 is 9.18 Å². The molecular formula is C14H16FN3OS. The maximum atomic E-state index is 13.5. The van der Waals surface area contributed by atoms with Gasteiger partial charge in [-0.2, -0.15) is 0 Å². The molecule has 0 spiro atoms. The van der Waals surface area contributed by atoms with Gasteiger partial charge in [0.05, 0.1) is 11.3 Å². The molecule has 6 heteroatoms. The minimum atomic E-state index is -0.550. The van der Waals surface area contributed by atoms with Crippen LogP contribution in [0.5, 0.6) is 0 Å². The number of hydrazine groups is 1. The molecule has 106 valence electrons. The number of para-hydroxylation sites is 1. The Bertz CT molecular complexity index is 586. The van der Waals surface area contributed by atoms with E-state index in [1.54, 1.807) is 11.3 Å². The van der Waals surface area contributed by atoms with Gasteiger partial charge in [-0.25, -0.2) is 4.39 Å². The summed E-state index contributed by atoms with van der Waals surface area (Å²) < 4.78 is 13.5. The second-order valence-corrected chi connectivity index (χ2v) is 5.50. The molecule has 4 N–H and O–H groups in total. The average molecular weight is 293 g/mol. The standard InChI is InChI=1S/C14H16FN3OS/c1-9(8-10-4-3-7-20-10)17-14(19)11-5-2-6-12(15)13(11)18-16/h2-7,9,18H,8,16H2,1H3,(H,17,19). The van der Waals surface area contributed by atoms with E-state index in [-0.39, 0.29) is 23.2 Å². The molecule has 0 aliphatic carbocycles. The van der Waals surface area contributed by atoms with Crippen LogP contribution in [0.2, 0.25) is 0 Å². The molecule has 0 aliphatic heterocycles. The predicted molar refractivity (Wildman–Crippen MR) is 79.2 cm³/mol. The predicted octanol–water partition coefficient (Wildman–Crippen LogP) is 2.53. The van der Waals surface area contributed by atoms with E-state index < -0.39 is 5.82 Å². The second-order valence-electron chi connectivity index (χ2n) is 4.46. The quantitative estimate of drug-likeness (QED) is 0.586. The normalized spacial score (nSPS) is 11.9. The Morgan fingerprint density at radius 2 is 2.20 bits per heavy atom. The number of hydrogen-bond donors (Lipinski definition) is 3. The molecule has 0 radical (unpaired) electrons. The number of carbonyl (C=O) groups is 1. The second kappa shape index (κ2) is 6.49. The summed E-state index contributed by atoms with van der Waals surface area (Å²) in [7, 11) is 0. The molecule has 1 amide bonds. The third kappa shape index (κ3) is 3.34. The van der Waals surface area contributed by atoms with Gasteiger partial charge in [0, 0.05) is 17.3 Å². The SMILES string of the molecule is CC(Cc1cccs1)NC(=O)c1cccc(F)c1NN. The highest BCUT2D eigenvalue weighted by Gasteiger charge is 2.16. The van der Waals surface area contributed by atoms with E-state index in [1.807, 2.05) is 24.4 Å². The number of halogens is 1. The summed E-state index contributed by atoms with van der Waals surface area (Å²) in [4.78, 5) is 13.3. The molecule has 1 aromatic carbocycles. The lowest BCUT2D eigenvalue weighted by molar-refractivity contribution is 0.0940. The van der Waals surface area contributed by atoms with Gasteiger partial charge < -0.3 is 10.7 Å². The zero-order valence-electron chi connectivity index (χ0n) is 11.0. The molecule has 2 rings (SSSR count). The molecule has 1 aromatic heterocycles. The van der Waals surface area contributed by atoms with Crippen LogP contribution < -0.4 is 16.6 Å². The molecule has 0 aliphatic rings. The highest BCUT2D eigenvalue weighted by Crippen LogP contribution is 2.19. The van der Waals surface area contributed by atoms with Gasteiger partial charge in [-0.05, 0) is 30.5 Å². The minimum absolute atomic E-state index is 0.00771. The summed E-state index contributed by atoms with van der Waals surface area (Å²) in [5.74, 6) is 4.37. The first-order valence-electron chi connectivity index (χ1n) is 6.20. The summed E-state index contributed by atoms with van der Waals surface area (Å²) in [6.45, 7) is 1.91. The van der Waals surface area contributed by atoms with Gasteiger partial charge >= 0.3 is 0 Å². The molecule has 20 heavy (non-hydrogen) atoms. The molecule has 1 atom stereocenters. The lowest BCUT2D eigenvalue weighted by Gasteiger charge is -2.15. The number of benzene rings is 1. The largest absolute Gasteiger partial charge is 0.349 e. The van der Waals surface area contributed by atoms with Crippen molar-refractivity contribution in [2.45, 2.75) is 19.4 Å². The molecule has 1 heterocycles. The average Bonchev–Trinajstić information content (AvgIpc) is 2.90. The fraction of sp³-hybridized carbons (Fsp3) is 0.214. The summed E-state index contributed by atoms with van der Waals surface area (Å²) in [6, 6.07) is 8.21. The zero-order valence-corrected chi connectivity index (χ0v) is 11.8. The lowest BCUT2D eigenvalue weighted by Crippen LogP contribution is -2.34. The van der Waals surface area contributed by atoms with E-state index in [0.717, 1.165) is 6.42 Å². The van der Waals surface area contributed by atoms with Crippen molar-refractivity contribution in [3.63, 3.8) is 0 Å². The fourth-order valence-electron chi connectivity index (χ4n) is 1.94. The molecule has 0 bridgehead atoms. The van der Waals surface area contributed by atoms with Crippen molar-refractivity contribution in [3.8, 4) is 0 Å². The van der Waals surface area contributed by atoms with Crippen molar-refractivity contribution in [3.05, 3.63) is 52.0 Å². The van der Waals surface area contributed by atoms with E-state index in [4.69, 9.17) is 5.84 Å². The number of anilines is 1. The summed E-state index contributed by atoms with van der Waals surface area (Å²) in [6.07, 6.45) is 0.740. The van der Waals surface area contributed by atoms with Crippen molar-refractivity contribution in [2.24, 2.45) is 5.84 Å². The number of rotatable bonds is 5. The third-order valence-corrected chi connectivity index (χ3v) is 3.77. The van der Waals surface area contributed by atoms with E-state index >= 15 is 0 Å². The topological polar surface area (TPSA) is 67.2 Å². The Hall–Kier alpha value is -1.92. The van der Waals surface area contributed by atoms with E-state index in [1.165, 1.54) is 23.1 Å². The van der Waals surface area contributed by atoms with Crippen LogP contribution in [0.4, 0.5) is 10.1 Å². The first-order chi connectivity index (χ1) is 9.61. The smallest absolute Gasteiger partial charge is 0.253 e. The number of nitrogen functional groups attached to an aromatic ring is 1. The Labute approximate surface area is 120 Å².